The van der Waals surface area contributed by atoms with Crippen molar-refractivity contribution in [3.05, 3.63) is 59.7 Å². The molecule has 0 radical (unpaired) electrons. The van der Waals surface area contributed by atoms with Crippen LogP contribution in [-0.4, -0.2) is 19.2 Å². The van der Waals surface area contributed by atoms with Crippen LogP contribution in [0.25, 0.3) is 0 Å². The zero-order valence-electron chi connectivity index (χ0n) is 12.3. The Bertz CT molecular complexity index is 549. The Balaban J connectivity index is 1.98. The topological polar surface area (TPSA) is 35.5 Å². The Kier molecular flexibility index (Phi) is 4.64. The van der Waals surface area contributed by atoms with Gasteiger partial charge in [-0.1, -0.05) is 30.3 Å². The highest BCUT2D eigenvalue weighted by molar-refractivity contribution is 5.46. The first-order valence-corrected chi connectivity index (χ1v) is 6.85. The molecular weight excluding hydrogens is 248 g/mol. The normalized spacial score (nSPS) is 12.2. The quantitative estimate of drug-likeness (QED) is 0.875. The van der Waals surface area contributed by atoms with E-state index in [0.717, 1.165) is 5.56 Å². The number of hydrogen-bond donors (Lipinski definition) is 2. The van der Waals surface area contributed by atoms with Gasteiger partial charge in [0.25, 0.3) is 0 Å². The van der Waals surface area contributed by atoms with Crippen LogP contribution in [0.5, 0.6) is 5.75 Å². The van der Waals surface area contributed by atoms with E-state index >= 15 is 0 Å². The fourth-order valence-corrected chi connectivity index (χ4v) is 2.10. The minimum absolute atomic E-state index is 0.241. The van der Waals surface area contributed by atoms with Gasteiger partial charge in [-0.25, -0.2) is 0 Å². The molecule has 0 bridgehead atoms. The molecule has 3 nitrogen and oxygen atoms in total. The molecule has 0 aromatic heterocycles. The lowest BCUT2D eigenvalue weighted by atomic mass is 10.1. The van der Waals surface area contributed by atoms with Crippen LogP contribution in [0.4, 0.5) is 5.69 Å². The van der Waals surface area contributed by atoms with Crippen LogP contribution in [0, 0.1) is 0 Å². The summed E-state index contributed by atoms with van der Waals surface area (Å²) >= 11 is 0. The smallest absolute Gasteiger partial charge is 0.120 e. The molecule has 0 heterocycles. The van der Waals surface area contributed by atoms with E-state index < -0.39 is 0 Å². The summed E-state index contributed by atoms with van der Waals surface area (Å²) in [7, 11) is 4.07. The SMILES string of the molecule is CC(NCc1ccccc1O)c1ccc(N(C)C)cc1. The van der Waals surface area contributed by atoms with Crippen LogP contribution in [0.3, 0.4) is 0 Å². The Morgan fingerprint density at radius 2 is 1.70 bits per heavy atom. The number of para-hydroxylation sites is 1. The lowest BCUT2D eigenvalue weighted by Crippen LogP contribution is -2.18. The molecule has 0 saturated carbocycles. The highest BCUT2D eigenvalue weighted by Crippen LogP contribution is 2.20. The van der Waals surface area contributed by atoms with Crippen molar-refractivity contribution >= 4 is 5.69 Å². The number of benzene rings is 2. The third kappa shape index (κ3) is 3.52. The Labute approximate surface area is 120 Å². The number of nitrogens with one attached hydrogen (secondary N) is 1. The van der Waals surface area contributed by atoms with Crippen molar-refractivity contribution in [2.45, 2.75) is 19.5 Å². The summed E-state index contributed by atoms with van der Waals surface area (Å²) in [6.07, 6.45) is 0. The molecule has 2 aromatic carbocycles. The molecule has 0 aliphatic heterocycles. The zero-order chi connectivity index (χ0) is 14.5. The second kappa shape index (κ2) is 6.44. The minimum atomic E-state index is 0.241. The maximum Gasteiger partial charge on any atom is 0.120 e. The molecule has 1 atom stereocenters. The van der Waals surface area contributed by atoms with Gasteiger partial charge in [-0.05, 0) is 30.7 Å². The van der Waals surface area contributed by atoms with Gasteiger partial charge in [0.1, 0.15) is 5.75 Å². The van der Waals surface area contributed by atoms with Crippen molar-refractivity contribution in [3.63, 3.8) is 0 Å². The summed E-state index contributed by atoms with van der Waals surface area (Å²) in [5.41, 5.74) is 3.36. The Morgan fingerprint density at radius 3 is 2.30 bits per heavy atom. The number of phenolic OH excluding ortho intramolecular Hbond substituents is 1. The van der Waals surface area contributed by atoms with Gasteiger partial charge in [0.15, 0.2) is 0 Å². The first kappa shape index (κ1) is 14.4. The van der Waals surface area contributed by atoms with E-state index in [4.69, 9.17) is 0 Å². The van der Waals surface area contributed by atoms with Crippen LogP contribution >= 0.6 is 0 Å². The maximum absolute atomic E-state index is 9.75. The van der Waals surface area contributed by atoms with Gasteiger partial charge < -0.3 is 15.3 Å². The fraction of sp³-hybridized carbons (Fsp3) is 0.294. The lowest BCUT2D eigenvalue weighted by molar-refractivity contribution is 0.460. The van der Waals surface area contributed by atoms with Crippen molar-refractivity contribution < 1.29 is 5.11 Å². The first-order chi connectivity index (χ1) is 9.58. The zero-order valence-corrected chi connectivity index (χ0v) is 12.3. The van der Waals surface area contributed by atoms with Crippen LogP contribution in [0.15, 0.2) is 48.5 Å². The van der Waals surface area contributed by atoms with Crippen LogP contribution in [0.1, 0.15) is 24.1 Å². The molecule has 106 valence electrons. The van der Waals surface area contributed by atoms with Crippen molar-refractivity contribution in [1.82, 2.24) is 5.32 Å². The number of hydrogen-bond acceptors (Lipinski definition) is 3. The Morgan fingerprint density at radius 1 is 1.05 bits per heavy atom. The Hall–Kier alpha value is -2.00. The van der Waals surface area contributed by atoms with Crippen LogP contribution < -0.4 is 10.2 Å². The predicted molar refractivity (Wildman–Crippen MR) is 84.1 cm³/mol. The summed E-state index contributed by atoms with van der Waals surface area (Å²) in [5, 5.41) is 13.2. The molecule has 2 rings (SSSR count). The number of anilines is 1. The summed E-state index contributed by atoms with van der Waals surface area (Å²) in [4.78, 5) is 2.09. The fourth-order valence-electron chi connectivity index (χ4n) is 2.10. The lowest BCUT2D eigenvalue weighted by Gasteiger charge is -2.17. The molecule has 2 aromatic rings. The predicted octanol–water partition coefficient (Wildman–Crippen LogP) is 3.31. The molecule has 20 heavy (non-hydrogen) atoms. The van der Waals surface area contributed by atoms with Crippen molar-refractivity contribution in [1.29, 1.82) is 0 Å². The first-order valence-electron chi connectivity index (χ1n) is 6.85. The van der Waals surface area contributed by atoms with E-state index in [9.17, 15) is 5.11 Å². The number of nitrogens with zero attached hydrogens (tertiary/aromatic N) is 1. The van der Waals surface area contributed by atoms with Crippen molar-refractivity contribution in [2.24, 2.45) is 0 Å². The molecule has 0 amide bonds. The molecule has 0 aliphatic carbocycles. The molecule has 0 fully saturated rings. The largest absolute Gasteiger partial charge is 0.508 e. The monoisotopic (exact) mass is 270 g/mol. The second-order valence-corrected chi connectivity index (χ2v) is 5.22. The van der Waals surface area contributed by atoms with Crippen LogP contribution in [-0.2, 0) is 6.54 Å². The maximum atomic E-state index is 9.75. The van der Waals surface area contributed by atoms with E-state index in [0.29, 0.717) is 12.3 Å². The van der Waals surface area contributed by atoms with E-state index in [1.54, 1.807) is 6.07 Å². The molecule has 1 unspecified atom stereocenters. The van der Waals surface area contributed by atoms with Gasteiger partial charge >= 0.3 is 0 Å². The van der Waals surface area contributed by atoms with Gasteiger partial charge in [0.2, 0.25) is 0 Å². The van der Waals surface area contributed by atoms with Crippen molar-refractivity contribution in [2.75, 3.05) is 19.0 Å². The van der Waals surface area contributed by atoms with Gasteiger partial charge in [-0.2, -0.15) is 0 Å². The number of phenols is 1. The third-order valence-electron chi connectivity index (χ3n) is 3.50. The number of rotatable bonds is 5. The van der Waals surface area contributed by atoms with Crippen molar-refractivity contribution in [3.8, 4) is 5.75 Å². The van der Waals surface area contributed by atoms with E-state index in [1.807, 2.05) is 32.3 Å². The highest BCUT2D eigenvalue weighted by atomic mass is 16.3. The molecular formula is C17H22N2O. The highest BCUT2D eigenvalue weighted by Gasteiger charge is 2.06. The molecule has 0 saturated heterocycles. The molecule has 3 heteroatoms. The second-order valence-electron chi connectivity index (χ2n) is 5.22. The summed E-state index contributed by atoms with van der Waals surface area (Å²) in [6, 6.07) is 16.2. The number of aromatic hydroxyl groups is 1. The summed E-state index contributed by atoms with van der Waals surface area (Å²) in [6.45, 7) is 2.79. The van der Waals surface area contributed by atoms with Gasteiger partial charge in [0, 0.05) is 37.9 Å². The van der Waals surface area contributed by atoms with E-state index in [1.165, 1.54) is 11.3 Å². The molecule has 2 N–H and O–H groups in total. The average molecular weight is 270 g/mol. The van der Waals surface area contributed by atoms with E-state index in [2.05, 4.69) is 41.4 Å². The van der Waals surface area contributed by atoms with Gasteiger partial charge in [-0.3, -0.25) is 0 Å². The molecule has 0 aliphatic rings. The van der Waals surface area contributed by atoms with Gasteiger partial charge in [-0.15, -0.1) is 0 Å². The van der Waals surface area contributed by atoms with Crippen LogP contribution in [0.2, 0.25) is 0 Å². The van der Waals surface area contributed by atoms with Gasteiger partial charge in [0.05, 0.1) is 0 Å². The standard InChI is InChI=1S/C17H22N2O/c1-13(14-8-10-16(11-9-14)19(2)3)18-12-15-6-4-5-7-17(15)20/h4-11,13,18,20H,12H2,1-3H3. The molecule has 0 spiro atoms. The third-order valence-corrected chi connectivity index (χ3v) is 3.50. The summed E-state index contributed by atoms with van der Waals surface area (Å²) < 4.78 is 0. The average Bonchev–Trinajstić information content (AvgIpc) is 2.46. The summed E-state index contributed by atoms with van der Waals surface area (Å²) in [5.74, 6) is 0.343. The minimum Gasteiger partial charge on any atom is -0.508 e. The van der Waals surface area contributed by atoms with E-state index in [-0.39, 0.29) is 6.04 Å².